The zero-order valence-electron chi connectivity index (χ0n) is 11.4. The Morgan fingerprint density at radius 3 is 2.68 bits per heavy atom. The maximum Gasteiger partial charge on any atom is 0.339 e. The number of aryl methyl sites for hydroxylation is 1. The number of aromatic carboxylic acids is 1. The molecular formula is C13H19N3O3. The topological polar surface area (TPSA) is 91.3 Å². The van der Waals surface area contributed by atoms with E-state index >= 15 is 0 Å². The molecule has 1 aromatic rings. The molecule has 0 aliphatic carbocycles. The summed E-state index contributed by atoms with van der Waals surface area (Å²) >= 11 is 0. The molecule has 6 heteroatoms. The lowest BCUT2D eigenvalue weighted by Gasteiger charge is -2.11. The number of rotatable bonds is 6. The third-order valence-corrected chi connectivity index (χ3v) is 2.39. The third kappa shape index (κ3) is 4.95. The molecule has 0 radical (unpaired) electrons. The van der Waals surface area contributed by atoms with Crippen molar-refractivity contribution in [2.24, 2.45) is 0 Å². The number of aromatic nitrogens is 1. The number of carbonyl (C=O) groups is 2. The van der Waals surface area contributed by atoms with Crippen molar-refractivity contribution >= 4 is 17.6 Å². The minimum Gasteiger partial charge on any atom is -0.478 e. The first-order valence-corrected chi connectivity index (χ1v) is 6.13. The molecule has 0 aromatic carbocycles. The smallest absolute Gasteiger partial charge is 0.339 e. The van der Waals surface area contributed by atoms with Gasteiger partial charge in [-0.05, 0) is 26.8 Å². The molecule has 0 saturated heterocycles. The van der Waals surface area contributed by atoms with Crippen molar-refractivity contribution in [3.8, 4) is 0 Å². The molecule has 0 atom stereocenters. The Kier molecular flexibility index (Phi) is 5.29. The van der Waals surface area contributed by atoms with Crippen molar-refractivity contribution in [2.75, 3.05) is 11.9 Å². The first-order chi connectivity index (χ1) is 8.90. The average Bonchev–Trinajstić information content (AvgIpc) is 2.27. The van der Waals surface area contributed by atoms with E-state index in [-0.39, 0.29) is 17.5 Å². The summed E-state index contributed by atoms with van der Waals surface area (Å²) in [4.78, 5) is 26.4. The van der Waals surface area contributed by atoms with E-state index in [1.54, 1.807) is 13.0 Å². The van der Waals surface area contributed by atoms with Crippen LogP contribution in [0.3, 0.4) is 0 Å². The van der Waals surface area contributed by atoms with Crippen LogP contribution >= 0.6 is 0 Å². The van der Waals surface area contributed by atoms with Gasteiger partial charge in [-0.3, -0.25) is 9.78 Å². The number of hydrogen-bond acceptors (Lipinski definition) is 4. The Hall–Kier alpha value is -2.11. The second-order valence-corrected chi connectivity index (χ2v) is 4.58. The number of carbonyl (C=O) groups excluding carboxylic acids is 1. The van der Waals surface area contributed by atoms with Crippen LogP contribution in [0.1, 0.15) is 36.3 Å². The molecule has 3 N–H and O–H groups in total. The Morgan fingerprint density at radius 1 is 1.42 bits per heavy atom. The van der Waals surface area contributed by atoms with Gasteiger partial charge in [0.05, 0.1) is 5.69 Å². The Bertz CT molecular complexity index is 472. The molecule has 1 heterocycles. The molecule has 6 nitrogen and oxygen atoms in total. The van der Waals surface area contributed by atoms with Crippen molar-refractivity contribution in [1.29, 1.82) is 0 Å². The zero-order chi connectivity index (χ0) is 14.4. The SMILES string of the molecule is Cc1cc(NCCC(=O)NC(C)C)c(C(=O)O)cn1. The van der Waals surface area contributed by atoms with Crippen LogP contribution in [-0.4, -0.2) is 34.6 Å². The van der Waals surface area contributed by atoms with E-state index in [0.29, 0.717) is 18.7 Å². The highest BCUT2D eigenvalue weighted by atomic mass is 16.4. The standard InChI is InChI=1S/C13H19N3O3/c1-8(2)16-12(17)4-5-14-11-6-9(3)15-7-10(11)13(18)19/h6-8H,4-5H2,1-3H3,(H,14,15)(H,16,17)(H,18,19). The fraction of sp³-hybridized carbons (Fsp3) is 0.462. The van der Waals surface area contributed by atoms with Crippen molar-refractivity contribution in [3.63, 3.8) is 0 Å². The van der Waals surface area contributed by atoms with E-state index in [2.05, 4.69) is 15.6 Å². The molecule has 1 amide bonds. The molecule has 0 unspecified atom stereocenters. The lowest BCUT2D eigenvalue weighted by molar-refractivity contribution is -0.121. The molecule has 0 saturated carbocycles. The quantitative estimate of drug-likeness (QED) is 0.723. The van der Waals surface area contributed by atoms with Crippen molar-refractivity contribution in [1.82, 2.24) is 10.3 Å². The van der Waals surface area contributed by atoms with Gasteiger partial charge < -0.3 is 15.7 Å². The van der Waals surface area contributed by atoms with Gasteiger partial charge in [0, 0.05) is 30.9 Å². The van der Waals surface area contributed by atoms with E-state index in [1.807, 2.05) is 13.8 Å². The van der Waals surface area contributed by atoms with E-state index in [0.717, 1.165) is 5.69 Å². The molecular weight excluding hydrogens is 246 g/mol. The largest absolute Gasteiger partial charge is 0.478 e. The molecule has 19 heavy (non-hydrogen) atoms. The fourth-order valence-corrected chi connectivity index (χ4v) is 1.58. The second kappa shape index (κ2) is 6.72. The summed E-state index contributed by atoms with van der Waals surface area (Å²) in [6.07, 6.45) is 1.60. The summed E-state index contributed by atoms with van der Waals surface area (Å²) in [7, 11) is 0. The fourth-order valence-electron chi connectivity index (χ4n) is 1.58. The Labute approximate surface area is 112 Å². The molecule has 0 aliphatic rings. The maximum atomic E-state index is 11.4. The average molecular weight is 265 g/mol. The summed E-state index contributed by atoms with van der Waals surface area (Å²) in [5.41, 5.74) is 1.31. The van der Waals surface area contributed by atoms with Crippen molar-refractivity contribution < 1.29 is 14.7 Å². The predicted molar refractivity (Wildman–Crippen MR) is 72.3 cm³/mol. The number of carboxylic acids is 1. The van der Waals surface area contributed by atoms with Crippen LogP contribution in [0.15, 0.2) is 12.3 Å². The van der Waals surface area contributed by atoms with E-state index < -0.39 is 5.97 Å². The highest BCUT2D eigenvalue weighted by Crippen LogP contribution is 2.15. The summed E-state index contributed by atoms with van der Waals surface area (Å²) in [6, 6.07) is 1.76. The second-order valence-electron chi connectivity index (χ2n) is 4.58. The van der Waals surface area contributed by atoms with Crippen LogP contribution < -0.4 is 10.6 Å². The first-order valence-electron chi connectivity index (χ1n) is 6.13. The molecule has 0 fully saturated rings. The normalized spacial score (nSPS) is 10.3. The lowest BCUT2D eigenvalue weighted by Crippen LogP contribution is -2.31. The predicted octanol–water partition coefficient (Wildman–Crippen LogP) is 1.41. The minimum absolute atomic E-state index is 0.0647. The van der Waals surface area contributed by atoms with Gasteiger partial charge in [-0.25, -0.2) is 4.79 Å². The molecule has 0 aliphatic heterocycles. The van der Waals surface area contributed by atoms with E-state index in [9.17, 15) is 9.59 Å². The van der Waals surface area contributed by atoms with Gasteiger partial charge in [0.1, 0.15) is 5.56 Å². The number of pyridine rings is 1. The van der Waals surface area contributed by atoms with Gasteiger partial charge in [-0.2, -0.15) is 0 Å². The van der Waals surface area contributed by atoms with Crippen LogP contribution in [0.4, 0.5) is 5.69 Å². The highest BCUT2D eigenvalue weighted by molar-refractivity contribution is 5.93. The van der Waals surface area contributed by atoms with Crippen LogP contribution in [0.25, 0.3) is 0 Å². The van der Waals surface area contributed by atoms with Gasteiger partial charge in [-0.15, -0.1) is 0 Å². The van der Waals surface area contributed by atoms with Crippen LogP contribution in [-0.2, 0) is 4.79 Å². The van der Waals surface area contributed by atoms with Crippen LogP contribution in [0.2, 0.25) is 0 Å². The summed E-state index contributed by atoms with van der Waals surface area (Å²) in [5.74, 6) is -1.10. The maximum absolute atomic E-state index is 11.4. The van der Waals surface area contributed by atoms with E-state index in [1.165, 1.54) is 6.20 Å². The van der Waals surface area contributed by atoms with Crippen molar-refractivity contribution in [2.45, 2.75) is 33.2 Å². The van der Waals surface area contributed by atoms with Gasteiger partial charge in [0.2, 0.25) is 5.91 Å². The molecule has 0 bridgehead atoms. The number of amides is 1. The lowest BCUT2D eigenvalue weighted by atomic mass is 10.2. The minimum atomic E-state index is -1.04. The summed E-state index contributed by atoms with van der Waals surface area (Å²) in [5, 5.41) is 14.8. The number of carboxylic acid groups (broad SMARTS) is 1. The Morgan fingerprint density at radius 2 is 2.11 bits per heavy atom. The molecule has 104 valence electrons. The zero-order valence-corrected chi connectivity index (χ0v) is 11.4. The van der Waals surface area contributed by atoms with Crippen molar-refractivity contribution in [3.05, 3.63) is 23.5 Å². The number of nitrogens with one attached hydrogen (secondary N) is 2. The van der Waals surface area contributed by atoms with Gasteiger partial charge >= 0.3 is 5.97 Å². The molecule has 1 rings (SSSR count). The summed E-state index contributed by atoms with van der Waals surface area (Å²) < 4.78 is 0. The van der Waals surface area contributed by atoms with Gasteiger partial charge in [0.25, 0.3) is 0 Å². The first kappa shape index (κ1) is 14.9. The number of nitrogens with zero attached hydrogens (tertiary/aromatic N) is 1. The van der Waals surface area contributed by atoms with Crippen LogP contribution in [0, 0.1) is 6.92 Å². The third-order valence-electron chi connectivity index (χ3n) is 2.39. The number of hydrogen-bond donors (Lipinski definition) is 3. The van der Waals surface area contributed by atoms with E-state index in [4.69, 9.17) is 5.11 Å². The monoisotopic (exact) mass is 265 g/mol. The highest BCUT2D eigenvalue weighted by Gasteiger charge is 2.11. The molecule has 0 spiro atoms. The molecule has 1 aromatic heterocycles. The number of anilines is 1. The van der Waals surface area contributed by atoms with Gasteiger partial charge in [0.15, 0.2) is 0 Å². The van der Waals surface area contributed by atoms with Crippen LogP contribution in [0.5, 0.6) is 0 Å². The Balaban J connectivity index is 2.60. The van der Waals surface area contributed by atoms with Gasteiger partial charge in [-0.1, -0.05) is 0 Å². The summed E-state index contributed by atoms with van der Waals surface area (Å²) in [6.45, 7) is 5.94.